The summed E-state index contributed by atoms with van der Waals surface area (Å²) in [5.74, 6) is -0.703. The molecular weight excluding hydrogens is 274 g/mol. The number of nitrogens with zero attached hydrogens (tertiary/aromatic N) is 1. The highest BCUT2D eigenvalue weighted by atomic mass is 16.8. The van der Waals surface area contributed by atoms with Crippen molar-refractivity contribution in [1.29, 1.82) is 0 Å². The lowest BCUT2D eigenvalue weighted by Gasteiger charge is -2.24. The summed E-state index contributed by atoms with van der Waals surface area (Å²) in [6.45, 7) is 4.09. The Bertz CT molecular complexity index is 504. The molecule has 6 nitrogen and oxygen atoms in total. The molecule has 21 heavy (non-hydrogen) atoms. The zero-order chi connectivity index (χ0) is 14.9. The lowest BCUT2D eigenvalue weighted by Crippen LogP contribution is -2.37. The molecule has 0 saturated carbocycles. The van der Waals surface area contributed by atoms with Gasteiger partial charge in [0.1, 0.15) is 18.3 Å². The van der Waals surface area contributed by atoms with E-state index in [1.54, 1.807) is 0 Å². The van der Waals surface area contributed by atoms with Crippen LogP contribution in [0.3, 0.4) is 0 Å². The molecule has 1 N–H and O–H groups in total. The van der Waals surface area contributed by atoms with Gasteiger partial charge >= 0.3 is 0 Å². The maximum Gasteiger partial charge on any atom is 0.190 e. The largest absolute Gasteiger partial charge is 0.411 e. The van der Waals surface area contributed by atoms with Gasteiger partial charge in [-0.15, -0.1) is 0 Å². The quantitative estimate of drug-likeness (QED) is 0.521. The molecule has 1 aromatic carbocycles. The molecule has 2 heterocycles. The van der Waals surface area contributed by atoms with Crippen molar-refractivity contribution in [1.82, 2.24) is 0 Å². The molecule has 2 fully saturated rings. The average Bonchev–Trinajstić information content (AvgIpc) is 2.90. The summed E-state index contributed by atoms with van der Waals surface area (Å²) in [7, 11) is 0. The van der Waals surface area contributed by atoms with Gasteiger partial charge in [-0.25, -0.2) is 0 Å². The van der Waals surface area contributed by atoms with Crippen LogP contribution in [0.1, 0.15) is 19.4 Å². The van der Waals surface area contributed by atoms with Crippen molar-refractivity contribution in [2.45, 2.75) is 50.8 Å². The van der Waals surface area contributed by atoms with Crippen LogP contribution in [-0.4, -0.2) is 41.8 Å². The van der Waals surface area contributed by atoms with E-state index in [0.29, 0.717) is 6.61 Å². The monoisotopic (exact) mass is 293 g/mol. The number of rotatable bonds is 4. The zero-order valence-corrected chi connectivity index (χ0v) is 12.0. The maximum atomic E-state index is 8.75. The Hall–Kier alpha value is -1.47. The molecule has 0 radical (unpaired) electrons. The molecule has 6 heteroatoms. The van der Waals surface area contributed by atoms with Crippen LogP contribution in [-0.2, 0) is 25.6 Å². The third-order valence-corrected chi connectivity index (χ3v) is 3.53. The predicted octanol–water partition coefficient (Wildman–Crippen LogP) is 1.91. The standard InChI is InChI=1S/C15H19NO5/c1-15(2)20-13-12(11(8-16-17)19-14(13)21-15)18-9-10-6-4-3-5-7-10/h3-8,11-14,17H,9H2,1-2H3/b16-8+/t11-,12+,13-,14-/m1/s1. The minimum Gasteiger partial charge on any atom is -0.411 e. The lowest BCUT2D eigenvalue weighted by atomic mass is 10.1. The molecule has 2 aliphatic heterocycles. The Balaban J connectivity index is 1.70. The Labute approximate surface area is 123 Å². The minimum absolute atomic E-state index is 0.341. The van der Waals surface area contributed by atoms with E-state index in [4.69, 9.17) is 24.2 Å². The number of fused-ring (bicyclic) bond motifs is 1. The molecule has 3 rings (SSSR count). The van der Waals surface area contributed by atoms with E-state index in [2.05, 4.69) is 5.16 Å². The van der Waals surface area contributed by atoms with Gasteiger partial charge in [0.05, 0.1) is 12.8 Å². The van der Waals surface area contributed by atoms with Gasteiger partial charge in [-0.1, -0.05) is 35.5 Å². The van der Waals surface area contributed by atoms with Gasteiger partial charge < -0.3 is 24.2 Å². The average molecular weight is 293 g/mol. The van der Waals surface area contributed by atoms with Gasteiger partial charge in [-0.2, -0.15) is 0 Å². The molecule has 0 bridgehead atoms. The van der Waals surface area contributed by atoms with E-state index < -0.39 is 18.2 Å². The first kappa shape index (κ1) is 14.5. The normalized spacial score (nSPS) is 34.4. The second-order valence-electron chi connectivity index (χ2n) is 5.59. The topological polar surface area (TPSA) is 69.5 Å². The summed E-state index contributed by atoms with van der Waals surface area (Å²) in [6, 6.07) is 9.84. The molecule has 114 valence electrons. The molecule has 4 atom stereocenters. The maximum absolute atomic E-state index is 8.75. The third kappa shape index (κ3) is 3.08. The molecule has 2 saturated heterocycles. The van der Waals surface area contributed by atoms with Gasteiger partial charge in [-0.3, -0.25) is 0 Å². The molecule has 0 spiro atoms. The van der Waals surface area contributed by atoms with Gasteiger partial charge in [0, 0.05) is 0 Å². The molecule has 0 aromatic heterocycles. The Morgan fingerprint density at radius 2 is 2.05 bits per heavy atom. The fourth-order valence-corrected chi connectivity index (χ4v) is 2.65. The highest BCUT2D eigenvalue weighted by Crippen LogP contribution is 2.38. The molecule has 0 amide bonds. The van der Waals surface area contributed by atoms with Crippen molar-refractivity contribution in [3.63, 3.8) is 0 Å². The molecular formula is C15H19NO5. The molecule has 1 aromatic rings. The Kier molecular flexibility index (Phi) is 3.95. The van der Waals surface area contributed by atoms with Crippen LogP contribution in [0.2, 0.25) is 0 Å². The van der Waals surface area contributed by atoms with E-state index in [9.17, 15) is 0 Å². The van der Waals surface area contributed by atoms with Crippen molar-refractivity contribution < 1.29 is 24.2 Å². The summed E-state index contributed by atoms with van der Waals surface area (Å²) < 4.78 is 23.1. The summed E-state index contributed by atoms with van der Waals surface area (Å²) in [5, 5.41) is 11.8. The predicted molar refractivity (Wildman–Crippen MR) is 74.0 cm³/mol. The zero-order valence-electron chi connectivity index (χ0n) is 12.0. The van der Waals surface area contributed by atoms with Crippen LogP contribution in [0.5, 0.6) is 0 Å². The lowest BCUT2D eigenvalue weighted by molar-refractivity contribution is -0.210. The van der Waals surface area contributed by atoms with E-state index in [1.807, 2.05) is 44.2 Å². The number of benzene rings is 1. The third-order valence-electron chi connectivity index (χ3n) is 3.53. The van der Waals surface area contributed by atoms with Gasteiger partial charge in [0.25, 0.3) is 0 Å². The van der Waals surface area contributed by atoms with Crippen LogP contribution in [0.4, 0.5) is 0 Å². The summed E-state index contributed by atoms with van der Waals surface area (Å²) in [5.41, 5.74) is 1.05. The van der Waals surface area contributed by atoms with Crippen LogP contribution in [0.15, 0.2) is 35.5 Å². The minimum atomic E-state index is -0.703. The first-order chi connectivity index (χ1) is 10.1. The summed E-state index contributed by atoms with van der Waals surface area (Å²) >= 11 is 0. The van der Waals surface area contributed by atoms with Crippen molar-refractivity contribution in [3.8, 4) is 0 Å². The van der Waals surface area contributed by atoms with Crippen molar-refractivity contribution in [2.75, 3.05) is 0 Å². The highest BCUT2D eigenvalue weighted by molar-refractivity contribution is 5.64. The molecule has 0 unspecified atom stereocenters. The fourth-order valence-electron chi connectivity index (χ4n) is 2.65. The first-order valence-electron chi connectivity index (χ1n) is 6.93. The molecule has 2 aliphatic rings. The smallest absolute Gasteiger partial charge is 0.190 e. The fraction of sp³-hybridized carbons (Fsp3) is 0.533. The first-order valence-corrected chi connectivity index (χ1v) is 6.93. The van der Waals surface area contributed by atoms with Crippen molar-refractivity contribution in [3.05, 3.63) is 35.9 Å². The van der Waals surface area contributed by atoms with Crippen molar-refractivity contribution >= 4 is 6.21 Å². The summed E-state index contributed by atoms with van der Waals surface area (Å²) in [6.07, 6.45) is -0.429. The van der Waals surface area contributed by atoms with E-state index >= 15 is 0 Å². The number of hydrogen-bond donors (Lipinski definition) is 1. The van der Waals surface area contributed by atoms with Crippen LogP contribution in [0, 0.1) is 0 Å². The summed E-state index contributed by atoms with van der Waals surface area (Å²) in [4.78, 5) is 0. The number of hydrogen-bond acceptors (Lipinski definition) is 6. The van der Waals surface area contributed by atoms with E-state index in [-0.39, 0.29) is 12.2 Å². The number of oxime groups is 1. The van der Waals surface area contributed by atoms with E-state index in [1.165, 1.54) is 6.21 Å². The van der Waals surface area contributed by atoms with Gasteiger partial charge in [0.2, 0.25) is 0 Å². The van der Waals surface area contributed by atoms with Crippen LogP contribution >= 0.6 is 0 Å². The van der Waals surface area contributed by atoms with Crippen molar-refractivity contribution in [2.24, 2.45) is 5.16 Å². The Morgan fingerprint density at radius 3 is 2.76 bits per heavy atom. The highest BCUT2D eigenvalue weighted by Gasteiger charge is 2.55. The van der Waals surface area contributed by atoms with Crippen LogP contribution < -0.4 is 0 Å². The van der Waals surface area contributed by atoms with E-state index in [0.717, 1.165) is 5.56 Å². The second-order valence-corrected chi connectivity index (χ2v) is 5.59. The SMILES string of the molecule is CC1(C)O[C@H]2O[C@H](/C=N/O)[C@H](OCc3ccccc3)[C@H]2O1. The van der Waals surface area contributed by atoms with Gasteiger partial charge in [0.15, 0.2) is 12.1 Å². The Morgan fingerprint density at radius 1 is 1.29 bits per heavy atom. The second kappa shape index (κ2) is 5.73. The van der Waals surface area contributed by atoms with Crippen LogP contribution in [0.25, 0.3) is 0 Å². The molecule has 0 aliphatic carbocycles. The number of ether oxygens (including phenoxy) is 4. The van der Waals surface area contributed by atoms with Gasteiger partial charge in [-0.05, 0) is 19.4 Å².